The second-order valence-corrected chi connectivity index (χ2v) is 9.84. The molecule has 0 spiro atoms. The highest BCUT2D eigenvalue weighted by Gasteiger charge is 2.21. The number of hydrogen-bond acceptors (Lipinski definition) is 9. The number of anilines is 3. The van der Waals surface area contributed by atoms with Gasteiger partial charge in [0.15, 0.2) is 5.89 Å². The predicted molar refractivity (Wildman–Crippen MR) is 157 cm³/mol. The Balaban J connectivity index is 1.39. The number of aryl methyl sites for hydroxylation is 2. The minimum Gasteiger partial charge on any atom is -0.436 e. The van der Waals surface area contributed by atoms with Gasteiger partial charge in [-0.3, -0.25) is 19.8 Å². The number of hydrogen-bond donors (Lipinski definition) is 4. The Kier molecular flexibility index (Phi) is 8.31. The molecule has 2 amide bonds. The fraction of sp³-hybridized carbons (Fsp3) is 0.310. The van der Waals surface area contributed by atoms with E-state index in [1.165, 1.54) is 0 Å². The number of oxazole rings is 1. The summed E-state index contributed by atoms with van der Waals surface area (Å²) in [5.74, 6) is 0.0653. The van der Waals surface area contributed by atoms with Crippen molar-refractivity contribution in [2.24, 2.45) is 5.73 Å². The molecule has 6 N–H and O–H groups in total. The van der Waals surface area contributed by atoms with Crippen LogP contribution in [0.15, 0.2) is 53.0 Å². The number of fused-ring (bicyclic) bond motifs is 1. The lowest BCUT2D eigenvalue weighted by molar-refractivity contribution is 0.0343. The van der Waals surface area contributed by atoms with Gasteiger partial charge in [-0.2, -0.15) is 0 Å². The molecule has 5 rings (SSSR count). The van der Waals surface area contributed by atoms with Crippen molar-refractivity contribution >= 4 is 40.2 Å². The lowest BCUT2D eigenvalue weighted by atomic mass is 10.1. The van der Waals surface area contributed by atoms with Crippen molar-refractivity contribution in [2.45, 2.75) is 26.9 Å². The number of benzene rings is 2. The summed E-state index contributed by atoms with van der Waals surface area (Å²) in [4.78, 5) is 35.8. The SMILES string of the molecule is Cc1nc(C)c(C(=O)Nc2nc3cccc(CN4CCOCC4)c3n2C/C=C/CNc2ccc(C(N)=O)cc2N)o1. The summed E-state index contributed by atoms with van der Waals surface area (Å²) in [7, 11) is 0. The van der Waals surface area contributed by atoms with E-state index in [9.17, 15) is 9.59 Å². The number of nitrogens with zero attached hydrogens (tertiary/aromatic N) is 4. The normalized spacial score (nSPS) is 14.1. The predicted octanol–water partition coefficient (Wildman–Crippen LogP) is 3.08. The van der Waals surface area contributed by atoms with Gasteiger partial charge in [0.05, 0.1) is 41.3 Å². The van der Waals surface area contributed by atoms with Crippen LogP contribution in [0.2, 0.25) is 0 Å². The Morgan fingerprint density at radius 2 is 1.90 bits per heavy atom. The Morgan fingerprint density at radius 3 is 2.61 bits per heavy atom. The van der Waals surface area contributed by atoms with Gasteiger partial charge in [0.1, 0.15) is 0 Å². The first-order valence-electron chi connectivity index (χ1n) is 13.4. The summed E-state index contributed by atoms with van der Waals surface area (Å²) >= 11 is 0. The van der Waals surface area contributed by atoms with Crippen molar-refractivity contribution in [3.63, 3.8) is 0 Å². The van der Waals surface area contributed by atoms with E-state index in [2.05, 4.69) is 26.6 Å². The molecule has 1 aliphatic heterocycles. The number of rotatable bonds is 10. The Labute approximate surface area is 237 Å². The zero-order chi connectivity index (χ0) is 28.9. The van der Waals surface area contributed by atoms with Gasteiger partial charge in [0.25, 0.3) is 5.91 Å². The lowest BCUT2D eigenvalue weighted by Crippen LogP contribution is -2.35. The molecule has 12 nitrogen and oxygen atoms in total. The molecule has 0 aliphatic carbocycles. The molecule has 4 aromatic rings. The molecule has 3 heterocycles. The van der Waals surface area contributed by atoms with Crippen molar-refractivity contribution in [3.05, 3.63) is 77.0 Å². The molecular formula is C29H34N8O4. The molecule has 214 valence electrons. The second-order valence-electron chi connectivity index (χ2n) is 9.84. The zero-order valence-corrected chi connectivity index (χ0v) is 23.1. The molecule has 1 fully saturated rings. The van der Waals surface area contributed by atoms with E-state index in [1.807, 2.05) is 28.9 Å². The van der Waals surface area contributed by atoms with Gasteiger partial charge in [-0.25, -0.2) is 9.97 Å². The quantitative estimate of drug-likeness (QED) is 0.169. The number of aromatic nitrogens is 3. The van der Waals surface area contributed by atoms with E-state index in [1.54, 1.807) is 32.0 Å². The van der Waals surface area contributed by atoms with Gasteiger partial charge in [0, 0.05) is 45.2 Å². The molecular weight excluding hydrogens is 524 g/mol. The largest absolute Gasteiger partial charge is 0.436 e. The maximum absolute atomic E-state index is 13.1. The van der Waals surface area contributed by atoms with Crippen LogP contribution in [0.4, 0.5) is 17.3 Å². The number of allylic oxidation sites excluding steroid dienone is 1. The summed E-state index contributed by atoms with van der Waals surface area (Å²) in [6.45, 7) is 8.25. The number of imidazole rings is 1. The van der Waals surface area contributed by atoms with E-state index in [0.29, 0.717) is 60.8 Å². The summed E-state index contributed by atoms with van der Waals surface area (Å²) in [6.07, 6.45) is 3.96. The average molecular weight is 559 g/mol. The number of carbonyl (C=O) groups is 2. The fourth-order valence-corrected chi connectivity index (χ4v) is 4.87. The highest BCUT2D eigenvalue weighted by atomic mass is 16.5. The van der Waals surface area contributed by atoms with Crippen molar-refractivity contribution in [1.29, 1.82) is 0 Å². The highest BCUT2D eigenvalue weighted by Crippen LogP contribution is 2.26. The van der Waals surface area contributed by atoms with E-state index >= 15 is 0 Å². The van der Waals surface area contributed by atoms with Crippen LogP contribution < -0.4 is 22.1 Å². The maximum Gasteiger partial charge on any atom is 0.295 e. The molecule has 0 saturated carbocycles. The minimum atomic E-state index is -0.528. The van der Waals surface area contributed by atoms with Crippen molar-refractivity contribution in [1.82, 2.24) is 19.4 Å². The standard InChI is InChI=1S/C29H34N8O4/c1-18-26(41-19(2)33-18)28(39)35-29-34-24-7-5-6-21(17-36-12-14-40-15-13-36)25(24)37(29)11-4-3-10-32-23-9-8-20(27(31)38)16-22(23)30/h3-9,16,32H,10-15,17,30H2,1-2H3,(H2,31,38)(H,34,35,39)/b4-3+. The van der Waals surface area contributed by atoms with Gasteiger partial charge in [-0.1, -0.05) is 24.3 Å². The molecule has 2 aromatic heterocycles. The third-order valence-corrected chi connectivity index (χ3v) is 6.88. The van der Waals surface area contributed by atoms with Crippen molar-refractivity contribution < 1.29 is 18.7 Å². The molecule has 2 aromatic carbocycles. The smallest absolute Gasteiger partial charge is 0.295 e. The number of nitrogens with one attached hydrogen (secondary N) is 2. The summed E-state index contributed by atoms with van der Waals surface area (Å²) in [5.41, 5.74) is 16.2. The van der Waals surface area contributed by atoms with E-state index < -0.39 is 11.8 Å². The first kappa shape index (κ1) is 27.9. The van der Waals surface area contributed by atoms with Gasteiger partial charge < -0.3 is 30.5 Å². The van der Waals surface area contributed by atoms with E-state index in [-0.39, 0.29) is 5.76 Å². The summed E-state index contributed by atoms with van der Waals surface area (Å²) in [5, 5.41) is 6.17. The topological polar surface area (TPSA) is 167 Å². The van der Waals surface area contributed by atoms with Crippen LogP contribution in [0, 0.1) is 13.8 Å². The van der Waals surface area contributed by atoms with Crippen LogP contribution in [0.3, 0.4) is 0 Å². The lowest BCUT2D eigenvalue weighted by Gasteiger charge is -2.27. The van der Waals surface area contributed by atoms with E-state index in [4.69, 9.17) is 25.6 Å². The molecule has 0 bridgehead atoms. The molecule has 1 aliphatic rings. The number of primary amides is 1. The first-order valence-corrected chi connectivity index (χ1v) is 13.4. The van der Waals surface area contributed by atoms with Crippen molar-refractivity contribution in [2.75, 3.05) is 49.2 Å². The van der Waals surface area contributed by atoms with Crippen LogP contribution in [0.25, 0.3) is 11.0 Å². The first-order chi connectivity index (χ1) is 19.8. The van der Waals surface area contributed by atoms with E-state index in [0.717, 1.165) is 36.2 Å². The number of ether oxygens (including phenoxy) is 1. The fourth-order valence-electron chi connectivity index (χ4n) is 4.87. The van der Waals surface area contributed by atoms with Gasteiger partial charge in [-0.05, 0) is 36.8 Å². The average Bonchev–Trinajstić information content (AvgIpc) is 3.48. The number of nitrogen functional groups attached to an aromatic ring is 1. The van der Waals surface area contributed by atoms with Crippen LogP contribution in [0.5, 0.6) is 0 Å². The molecule has 0 atom stereocenters. The molecule has 0 unspecified atom stereocenters. The Bertz CT molecular complexity index is 1600. The number of amides is 2. The summed E-state index contributed by atoms with van der Waals surface area (Å²) < 4.78 is 13.0. The van der Waals surface area contributed by atoms with Crippen molar-refractivity contribution in [3.8, 4) is 0 Å². The number of para-hydroxylation sites is 1. The maximum atomic E-state index is 13.1. The third kappa shape index (κ3) is 6.39. The number of carbonyl (C=O) groups excluding carboxylic acids is 2. The molecule has 12 heteroatoms. The summed E-state index contributed by atoms with van der Waals surface area (Å²) in [6, 6.07) is 10.9. The van der Waals surface area contributed by atoms with Gasteiger partial charge in [-0.15, -0.1) is 0 Å². The van der Waals surface area contributed by atoms with Gasteiger partial charge >= 0.3 is 0 Å². The zero-order valence-electron chi connectivity index (χ0n) is 23.1. The van der Waals surface area contributed by atoms with Gasteiger partial charge in [0.2, 0.25) is 17.6 Å². The minimum absolute atomic E-state index is 0.161. The molecule has 0 radical (unpaired) electrons. The van der Waals surface area contributed by atoms with Crippen LogP contribution >= 0.6 is 0 Å². The number of morpholine rings is 1. The number of nitrogens with two attached hydrogens (primary N) is 2. The Hall–Kier alpha value is -4.68. The third-order valence-electron chi connectivity index (χ3n) is 6.88. The monoisotopic (exact) mass is 558 g/mol. The van der Waals surface area contributed by atoms with Crippen LogP contribution in [0.1, 0.15) is 38.1 Å². The molecule has 41 heavy (non-hydrogen) atoms. The second kappa shape index (κ2) is 12.2. The van der Waals surface area contributed by atoms with Crippen LogP contribution in [-0.4, -0.2) is 64.1 Å². The van der Waals surface area contributed by atoms with Crippen LogP contribution in [-0.2, 0) is 17.8 Å². The Morgan fingerprint density at radius 1 is 1.10 bits per heavy atom. The molecule has 1 saturated heterocycles. The highest BCUT2D eigenvalue weighted by molar-refractivity contribution is 6.03.